The number of fused-ring (bicyclic) bond motifs is 6. The molecule has 0 bridgehead atoms. The Morgan fingerprint density at radius 1 is 0.160 bits per heavy atom. The summed E-state index contributed by atoms with van der Waals surface area (Å²) in [6, 6.07) is 150. The predicted molar refractivity (Wildman–Crippen MR) is 487 cm³/mol. The third-order valence-electron chi connectivity index (χ3n) is 20.2. The molecule has 0 fully saturated rings. The van der Waals surface area contributed by atoms with Gasteiger partial charge >= 0.3 is 40.2 Å². The smallest absolute Gasteiger partial charge is 0.304 e. The fourth-order valence-corrected chi connectivity index (χ4v) is 14.1. The van der Waals surface area contributed by atoms with Gasteiger partial charge in [0, 0.05) is 37.2 Å². The molecule has 0 spiro atoms. The summed E-state index contributed by atoms with van der Waals surface area (Å²) in [5, 5.41) is 14.3. The molecule has 0 aliphatic heterocycles. The van der Waals surface area contributed by atoms with Crippen molar-refractivity contribution in [1.82, 2.24) is 29.9 Å². The molecule has 0 saturated heterocycles. The molecule has 570 valence electrons. The van der Waals surface area contributed by atoms with Crippen molar-refractivity contribution < 1.29 is 40.2 Å². The van der Waals surface area contributed by atoms with Gasteiger partial charge in [-0.2, -0.15) is 0 Å². The topological polar surface area (TPSA) is 77.3 Å². The van der Waals surface area contributed by atoms with Gasteiger partial charge in [0.15, 0.2) is 0 Å². The number of nitrogens with zero attached hydrogens (tertiary/aromatic N) is 6. The van der Waals surface area contributed by atoms with Gasteiger partial charge in [-0.3, -0.25) is 0 Å². The van der Waals surface area contributed by atoms with Crippen LogP contribution >= 0.6 is 0 Å². The molecular formula is C111H78Ir2N6. The Morgan fingerprint density at radius 2 is 0.336 bits per heavy atom. The van der Waals surface area contributed by atoms with Gasteiger partial charge in [0.1, 0.15) is 0 Å². The van der Waals surface area contributed by atoms with Crippen LogP contribution in [0.4, 0.5) is 0 Å². The largest absolute Gasteiger partial charge is 3.00 e. The van der Waals surface area contributed by atoms with Crippen LogP contribution in [-0.2, 0) is 40.2 Å². The Bertz CT molecular complexity index is 6160. The van der Waals surface area contributed by atoms with E-state index in [-0.39, 0.29) is 40.2 Å². The van der Waals surface area contributed by atoms with Gasteiger partial charge in [0.25, 0.3) is 0 Å². The number of hydrogen-bond acceptors (Lipinski definition) is 6. The Balaban J connectivity index is 0.000000117. The van der Waals surface area contributed by atoms with Crippen LogP contribution in [0.3, 0.4) is 0 Å². The molecule has 0 atom stereocenters. The van der Waals surface area contributed by atoms with Crippen molar-refractivity contribution in [3.63, 3.8) is 0 Å². The molecule has 0 aliphatic carbocycles. The molecule has 8 heteroatoms. The van der Waals surface area contributed by atoms with E-state index in [0.717, 1.165) is 83.7 Å². The minimum atomic E-state index is 0. The Kier molecular flexibility index (Phi) is 27.5. The summed E-state index contributed by atoms with van der Waals surface area (Å²) in [5.41, 5.74) is 23.0. The van der Waals surface area contributed by atoms with Crippen LogP contribution in [0, 0.1) is 57.2 Å². The molecule has 21 rings (SSSR count). The predicted octanol–water partition coefficient (Wildman–Crippen LogP) is 28.1. The molecule has 0 unspecified atom stereocenters. The molecular weight excluding hydrogens is 1800 g/mol. The fourth-order valence-electron chi connectivity index (χ4n) is 14.1. The van der Waals surface area contributed by atoms with Crippen molar-refractivity contribution >= 4 is 64.6 Å². The standard InChI is InChI=1S/3C21H14N.3C16H12N.2Ir/c3*1-2-6-16(7-3-1)17-10-12-19(13-11-17)21-20-9-5-4-8-18(20)14-15-22-21;3*1-12-6-8-14(9-7-12)16-15-5-3-2-4-13(15)10-11-17-16;;/h3*1-12,14-15H;3*2-8,10-11H,1H3;;/q6*-1;2*+3. The minimum Gasteiger partial charge on any atom is -0.304 e. The second kappa shape index (κ2) is 40.1. The van der Waals surface area contributed by atoms with Crippen molar-refractivity contribution in [2.45, 2.75) is 20.8 Å². The van der Waals surface area contributed by atoms with E-state index < -0.39 is 0 Å². The molecule has 6 nitrogen and oxygen atoms in total. The number of rotatable bonds is 9. The maximum Gasteiger partial charge on any atom is 3.00 e. The first-order chi connectivity index (χ1) is 57.8. The van der Waals surface area contributed by atoms with E-state index >= 15 is 0 Å². The van der Waals surface area contributed by atoms with Gasteiger partial charge in [-0.15, -0.1) is 196 Å². The van der Waals surface area contributed by atoms with Crippen molar-refractivity contribution in [2.75, 3.05) is 0 Å². The maximum absolute atomic E-state index is 4.55. The third-order valence-corrected chi connectivity index (χ3v) is 20.2. The summed E-state index contributed by atoms with van der Waals surface area (Å²) < 4.78 is 0. The SMILES string of the molecule is Cc1c[c-]c(-c2nccc3ccccc23)cc1.Cc1c[c-]c(-c2nccc3ccccc23)cc1.Cc1c[c-]c(-c2nccc3ccccc23)cc1.[Ir+3].[Ir+3].[c-]1cc(-c2ccccc2)ccc1-c1nccc2ccccc12.[c-]1cc(-c2ccccc2)ccc1-c1nccc2ccccc12.[c-]1cc(-c2ccccc2)ccc1-c1nccc2ccccc12. The Morgan fingerprint density at radius 3 is 0.513 bits per heavy atom. The average molecular weight is 1880 g/mol. The molecule has 6 aromatic heterocycles. The van der Waals surface area contributed by atoms with Crippen molar-refractivity contribution in [3.8, 4) is 101 Å². The summed E-state index contributed by atoms with van der Waals surface area (Å²) in [7, 11) is 0. The molecule has 0 aliphatic rings. The van der Waals surface area contributed by atoms with E-state index in [0.29, 0.717) is 0 Å². The number of pyridine rings is 6. The van der Waals surface area contributed by atoms with E-state index in [9.17, 15) is 0 Å². The van der Waals surface area contributed by atoms with Crippen LogP contribution in [0.15, 0.2) is 419 Å². The molecule has 0 radical (unpaired) electrons. The first-order valence-electron chi connectivity index (χ1n) is 39.0. The molecule has 6 heterocycles. The van der Waals surface area contributed by atoms with Crippen LogP contribution in [-0.4, -0.2) is 29.9 Å². The molecule has 119 heavy (non-hydrogen) atoms. The summed E-state index contributed by atoms with van der Waals surface area (Å²) in [6.45, 7) is 6.20. The van der Waals surface area contributed by atoms with Crippen LogP contribution < -0.4 is 0 Å². The Labute approximate surface area is 723 Å². The van der Waals surface area contributed by atoms with Gasteiger partial charge in [-0.25, -0.2) is 0 Å². The maximum atomic E-state index is 4.55. The Hall–Kier alpha value is -13.9. The van der Waals surface area contributed by atoms with E-state index in [1.807, 2.05) is 201 Å². The van der Waals surface area contributed by atoms with Crippen molar-refractivity contribution in [2.24, 2.45) is 0 Å². The van der Waals surface area contributed by atoms with Crippen LogP contribution in [0.1, 0.15) is 16.7 Å². The number of aryl methyl sites for hydroxylation is 3. The van der Waals surface area contributed by atoms with Gasteiger partial charge < -0.3 is 29.9 Å². The second-order valence-corrected chi connectivity index (χ2v) is 28.2. The molecule has 0 amide bonds. The van der Waals surface area contributed by atoms with Crippen LogP contribution in [0.2, 0.25) is 0 Å². The number of aromatic nitrogens is 6. The number of hydrogen-bond donors (Lipinski definition) is 0. The van der Waals surface area contributed by atoms with Gasteiger partial charge in [-0.05, 0) is 135 Å². The summed E-state index contributed by atoms with van der Waals surface area (Å²) in [4.78, 5) is 27.1. The first-order valence-corrected chi connectivity index (χ1v) is 39.0. The van der Waals surface area contributed by atoms with Gasteiger partial charge in [-0.1, -0.05) is 291 Å². The fraction of sp³-hybridized carbons (Fsp3) is 0.0270. The van der Waals surface area contributed by atoms with Crippen molar-refractivity contribution in [3.05, 3.63) is 472 Å². The van der Waals surface area contributed by atoms with Gasteiger partial charge in [0.05, 0.1) is 0 Å². The summed E-state index contributed by atoms with van der Waals surface area (Å²) in [5.74, 6) is 0. The quantitative estimate of drug-likeness (QED) is 0.134. The van der Waals surface area contributed by atoms with E-state index in [4.69, 9.17) is 0 Å². The summed E-state index contributed by atoms with van der Waals surface area (Å²) >= 11 is 0. The third kappa shape index (κ3) is 20.1. The zero-order valence-corrected chi connectivity index (χ0v) is 70.5. The number of benzene rings is 15. The second-order valence-electron chi connectivity index (χ2n) is 28.2. The van der Waals surface area contributed by atoms with E-state index in [2.05, 4.69) is 305 Å². The normalized spacial score (nSPS) is 10.5. The van der Waals surface area contributed by atoms with Crippen LogP contribution in [0.5, 0.6) is 0 Å². The zero-order chi connectivity index (χ0) is 79.3. The molecule has 21 aromatic rings. The van der Waals surface area contributed by atoms with Crippen LogP contribution in [0.25, 0.3) is 166 Å². The molecule has 0 N–H and O–H groups in total. The monoisotopic (exact) mass is 1880 g/mol. The van der Waals surface area contributed by atoms with Crippen molar-refractivity contribution in [1.29, 1.82) is 0 Å². The van der Waals surface area contributed by atoms with E-state index in [1.165, 1.54) is 98.5 Å². The van der Waals surface area contributed by atoms with Gasteiger partial charge in [0.2, 0.25) is 0 Å². The zero-order valence-electron chi connectivity index (χ0n) is 65.7. The molecule has 0 saturated carbocycles. The van der Waals surface area contributed by atoms with E-state index in [1.54, 1.807) is 0 Å². The average Bonchev–Trinajstić information content (AvgIpc) is 0.818. The minimum absolute atomic E-state index is 0. The molecule has 15 aromatic carbocycles. The first kappa shape index (κ1) is 81.6. The summed E-state index contributed by atoms with van der Waals surface area (Å²) in [6.07, 6.45) is 11.1.